The van der Waals surface area contributed by atoms with Crippen molar-refractivity contribution in [1.29, 1.82) is 0 Å². The van der Waals surface area contributed by atoms with Crippen LogP contribution in [0.5, 0.6) is 5.75 Å². The zero-order valence-corrected chi connectivity index (χ0v) is 12.0. The van der Waals surface area contributed by atoms with Crippen molar-refractivity contribution in [2.45, 2.75) is 12.8 Å². The zero-order chi connectivity index (χ0) is 12.1. The van der Waals surface area contributed by atoms with Crippen LogP contribution in [0.15, 0.2) is 24.3 Å². The monoisotopic (exact) mass is 318 g/mol. The van der Waals surface area contributed by atoms with Crippen LogP contribution in [0.2, 0.25) is 5.02 Å². The van der Waals surface area contributed by atoms with Crippen molar-refractivity contribution in [2.75, 3.05) is 25.2 Å². The third-order valence-corrected chi connectivity index (χ3v) is 4.60. The Morgan fingerprint density at radius 1 is 1.35 bits per heavy atom. The largest absolute Gasteiger partial charge is 0.493 e. The van der Waals surface area contributed by atoms with E-state index < -0.39 is 0 Å². The average molecular weight is 320 g/mol. The maximum atomic E-state index is 5.93. The molecule has 0 N–H and O–H groups in total. The number of benzene rings is 1. The number of rotatable bonds is 4. The molecule has 17 heavy (non-hydrogen) atoms. The molecule has 0 aliphatic carbocycles. The quantitative estimate of drug-likeness (QED) is 0.783. The van der Waals surface area contributed by atoms with E-state index in [1.807, 2.05) is 24.3 Å². The maximum absolute atomic E-state index is 5.93. The molecule has 1 saturated heterocycles. The van der Waals surface area contributed by atoms with Crippen molar-refractivity contribution >= 4 is 27.5 Å². The first kappa shape index (κ1) is 13.2. The molecule has 1 aliphatic heterocycles. The molecule has 0 aromatic heterocycles. The molecule has 1 aromatic rings. The van der Waals surface area contributed by atoms with Gasteiger partial charge in [-0.1, -0.05) is 33.6 Å². The third-order valence-electron chi connectivity index (χ3n) is 3.18. The molecular formula is C13H16BrClO2. The van der Waals surface area contributed by atoms with Gasteiger partial charge in [0.2, 0.25) is 0 Å². The maximum Gasteiger partial charge on any atom is 0.120 e. The minimum atomic E-state index is 0.195. The highest BCUT2D eigenvalue weighted by Gasteiger charge is 2.32. The highest BCUT2D eigenvalue weighted by molar-refractivity contribution is 9.09. The van der Waals surface area contributed by atoms with Crippen molar-refractivity contribution in [3.8, 4) is 5.75 Å². The van der Waals surface area contributed by atoms with E-state index in [4.69, 9.17) is 21.1 Å². The van der Waals surface area contributed by atoms with Crippen molar-refractivity contribution in [3.05, 3.63) is 29.3 Å². The van der Waals surface area contributed by atoms with Gasteiger partial charge in [0.15, 0.2) is 0 Å². The summed E-state index contributed by atoms with van der Waals surface area (Å²) in [5, 5.41) is 1.66. The van der Waals surface area contributed by atoms with Crippen LogP contribution in [0.25, 0.3) is 0 Å². The molecular weight excluding hydrogens is 303 g/mol. The predicted molar refractivity (Wildman–Crippen MR) is 73.2 cm³/mol. The van der Waals surface area contributed by atoms with Crippen molar-refractivity contribution < 1.29 is 9.47 Å². The molecule has 0 atom stereocenters. The van der Waals surface area contributed by atoms with Gasteiger partial charge in [-0.05, 0) is 31.0 Å². The van der Waals surface area contributed by atoms with E-state index in [2.05, 4.69) is 15.9 Å². The topological polar surface area (TPSA) is 18.5 Å². The van der Waals surface area contributed by atoms with Crippen molar-refractivity contribution in [1.82, 2.24) is 0 Å². The van der Waals surface area contributed by atoms with E-state index >= 15 is 0 Å². The van der Waals surface area contributed by atoms with Crippen LogP contribution in [0.4, 0.5) is 0 Å². The summed E-state index contributed by atoms with van der Waals surface area (Å²) >= 11 is 9.52. The molecule has 0 spiro atoms. The lowest BCUT2D eigenvalue weighted by molar-refractivity contribution is 0.00355. The Balaban J connectivity index is 1.95. The number of halogens is 2. The molecule has 4 heteroatoms. The molecule has 1 aliphatic rings. The predicted octanol–water partition coefficient (Wildman–Crippen LogP) is 3.91. The van der Waals surface area contributed by atoms with Gasteiger partial charge < -0.3 is 9.47 Å². The summed E-state index contributed by atoms with van der Waals surface area (Å²) < 4.78 is 11.3. The van der Waals surface area contributed by atoms with Crippen LogP contribution >= 0.6 is 27.5 Å². The second kappa shape index (κ2) is 6.07. The number of hydrogen-bond donors (Lipinski definition) is 0. The minimum Gasteiger partial charge on any atom is -0.493 e. The van der Waals surface area contributed by atoms with E-state index in [9.17, 15) is 0 Å². The molecule has 1 heterocycles. The Hall–Kier alpha value is -0.250. The lowest BCUT2D eigenvalue weighted by Crippen LogP contribution is -2.36. The van der Waals surface area contributed by atoms with E-state index in [-0.39, 0.29) is 5.41 Å². The van der Waals surface area contributed by atoms with Gasteiger partial charge in [-0.25, -0.2) is 0 Å². The van der Waals surface area contributed by atoms with Crippen LogP contribution in [0.1, 0.15) is 12.8 Å². The fourth-order valence-electron chi connectivity index (χ4n) is 1.91. The summed E-state index contributed by atoms with van der Waals surface area (Å²) in [5.41, 5.74) is 0.195. The van der Waals surface area contributed by atoms with E-state index in [0.29, 0.717) is 11.6 Å². The average Bonchev–Trinajstić information content (AvgIpc) is 2.38. The first-order chi connectivity index (χ1) is 8.24. The molecule has 2 rings (SSSR count). The molecule has 0 radical (unpaired) electrons. The third kappa shape index (κ3) is 3.60. The summed E-state index contributed by atoms with van der Waals surface area (Å²) in [7, 11) is 0. The Morgan fingerprint density at radius 2 is 2.12 bits per heavy atom. The Morgan fingerprint density at radius 3 is 2.76 bits per heavy atom. The van der Waals surface area contributed by atoms with Gasteiger partial charge >= 0.3 is 0 Å². The fourth-order valence-corrected chi connectivity index (χ4v) is 2.82. The van der Waals surface area contributed by atoms with Gasteiger partial charge in [-0.3, -0.25) is 0 Å². The summed E-state index contributed by atoms with van der Waals surface area (Å²) in [5.74, 6) is 0.837. The van der Waals surface area contributed by atoms with Crippen LogP contribution in [0, 0.1) is 5.41 Å². The van der Waals surface area contributed by atoms with Crippen LogP contribution in [-0.4, -0.2) is 25.2 Å². The van der Waals surface area contributed by atoms with Gasteiger partial charge in [0.05, 0.1) is 6.61 Å². The summed E-state index contributed by atoms with van der Waals surface area (Å²) in [6, 6.07) is 7.54. The highest BCUT2D eigenvalue weighted by Crippen LogP contribution is 2.33. The lowest BCUT2D eigenvalue weighted by atomic mass is 9.83. The molecule has 1 fully saturated rings. The lowest BCUT2D eigenvalue weighted by Gasteiger charge is -2.35. The second-order valence-corrected chi connectivity index (χ2v) is 5.49. The van der Waals surface area contributed by atoms with Crippen LogP contribution < -0.4 is 4.74 Å². The normalized spacial score (nSPS) is 18.9. The van der Waals surface area contributed by atoms with Crippen molar-refractivity contribution in [3.63, 3.8) is 0 Å². The van der Waals surface area contributed by atoms with Gasteiger partial charge in [0, 0.05) is 29.0 Å². The van der Waals surface area contributed by atoms with Gasteiger partial charge in [0.25, 0.3) is 0 Å². The fraction of sp³-hybridized carbons (Fsp3) is 0.538. The molecule has 0 amide bonds. The van der Waals surface area contributed by atoms with E-state index in [0.717, 1.165) is 37.1 Å². The van der Waals surface area contributed by atoms with Crippen molar-refractivity contribution in [2.24, 2.45) is 5.41 Å². The molecule has 1 aromatic carbocycles. The molecule has 2 nitrogen and oxygen atoms in total. The number of hydrogen-bond acceptors (Lipinski definition) is 2. The van der Waals surface area contributed by atoms with Crippen LogP contribution in [-0.2, 0) is 4.74 Å². The summed E-state index contributed by atoms with van der Waals surface area (Å²) in [6.45, 7) is 2.36. The van der Waals surface area contributed by atoms with Crippen LogP contribution in [0.3, 0.4) is 0 Å². The Kier molecular flexibility index (Phi) is 4.71. The SMILES string of the molecule is Clc1cccc(OCC2(CBr)CCOCC2)c1. The van der Waals surface area contributed by atoms with Gasteiger partial charge in [0.1, 0.15) is 5.75 Å². The molecule has 0 saturated carbocycles. The van der Waals surface area contributed by atoms with E-state index in [1.54, 1.807) is 0 Å². The highest BCUT2D eigenvalue weighted by atomic mass is 79.9. The standard InChI is InChI=1S/C13H16BrClO2/c14-9-13(4-6-16-7-5-13)10-17-12-3-1-2-11(15)8-12/h1-3,8H,4-7,9-10H2. The number of alkyl halides is 1. The van der Waals surface area contributed by atoms with E-state index in [1.165, 1.54) is 0 Å². The van der Waals surface area contributed by atoms with Gasteiger partial charge in [-0.15, -0.1) is 0 Å². The molecule has 0 bridgehead atoms. The van der Waals surface area contributed by atoms with Gasteiger partial charge in [-0.2, -0.15) is 0 Å². The molecule has 0 unspecified atom stereocenters. The smallest absolute Gasteiger partial charge is 0.120 e. The zero-order valence-electron chi connectivity index (χ0n) is 9.62. The Bertz CT molecular complexity index is 364. The minimum absolute atomic E-state index is 0.195. The first-order valence-corrected chi connectivity index (χ1v) is 7.26. The summed E-state index contributed by atoms with van der Waals surface area (Å²) in [6.07, 6.45) is 2.08. The second-order valence-electron chi connectivity index (χ2n) is 4.49. The Labute approximate surface area is 115 Å². The first-order valence-electron chi connectivity index (χ1n) is 5.76. The number of ether oxygens (including phenoxy) is 2. The molecule has 94 valence electrons. The summed E-state index contributed by atoms with van der Waals surface area (Å²) in [4.78, 5) is 0.